The molecule has 0 aliphatic rings. The van der Waals surface area contributed by atoms with Crippen LogP contribution in [0.3, 0.4) is 0 Å². The SMILES string of the molecule is COCCOc1cc2ncnc(Nc3cc(OC)cc(Br)c3OC)c2cc1OC. The molecule has 1 aromatic heterocycles. The molecule has 0 aliphatic heterocycles. The van der Waals surface area contributed by atoms with Gasteiger partial charge in [0.15, 0.2) is 17.2 Å². The van der Waals surface area contributed by atoms with Gasteiger partial charge in [-0.1, -0.05) is 0 Å². The van der Waals surface area contributed by atoms with Gasteiger partial charge < -0.3 is 29.0 Å². The van der Waals surface area contributed by atoms with Gasteiger partial charge in [0.2, 0.25) is 0 Å². The summed E-state index contributed by atoms with van der Waals surface area (Å²) in [5.74, 6) is 3.05. The number of anilines is 2. The molecule has 154 valence electrons. The van der Waals surface area contributed by atoms with Gasteiger partial charge in [-0.3, -0.25) is 0 Å². The van der Waals surface area contributed by atoms with Crippen LogP contribution in [-0.4, -0.2) is 51.6 Å². The first-order valence-electron chi connectivity index (χ1n) is 8.74. The summed E-state index contributed by atoms with van der Waals surface area (Å²) in [7, 11) is 6.41. The van der Waals surface area contributed by atoms with Crippen LogP contribution in [0.25, 0.3) is 10.9 Å². The van der Waals surface area contributed by atoms with E-state index in [1.54, 1.807) is 28.4 Å². The van der Waals surface area contributed by atoms with Gasteiger partial charge in [0.1, 0.15) is 24.5 Å². The van der Waals surface area contributed by atoms with Crippen molar-refractivity contribution in [2.24, 2.45) is 0 Å². The van der Waals surface area contributed by atoms with Gasteiger partial charge in [-0.2, -0.15) is 0 Å². The quantitative estimate of drug-likeness (QED) is 0.472. The van der Waals surface area contributed by atoms with Crippen molar-refractivity contribution >= 4 is 38.3 Å². The van der Waals surface area contributed by atoms with Crippen molar-refractivity contribution in [2.75, 3.05) is 47.0 Å². The van der Waals surface area contributed by atoms with E-state index in [-0.39, 0.29) is 0 Å². The maximum atomic E-state index is 5.74. The third-order valence-electron chi connectivity index (χ3n) is 4.18. The van der Waals surface area contributed by atoms with E-state index in [0.717, 1.165) is 9.86 Å². The number of nitrogens with one attached hydrogen (secondary N) is 1. The van der Waals surface area contributed by atoms with E-state index < -0.39 is 0 Å². The fourth-order valence-electron chi connectivity index (χ4n) is 2.79. The molecule has 0 atom stereocenters. The molecule has 0 bridgehead atoms. The maximum absolute atomic E-state index is 5.74. The number of benzene rings is 2. The van der Waals surface area contributed by atoms with Crippen molar-refractivity contribution < 1.29 is 23.7 Å². The number of hydrogen-bond donors (Lipinski definition) is 1. The number of methoxy groups -OCH3 is 4. The summed E-state index contributed by atoms with van der Waals surface area (Å²) in [6, 6.07) is 7.31. The predicted octanol–water partition coefficient (Wildman–Crippen LogP) is 4.19. The van der Waals surface area contributed by atoms with Gasteiger partial charge in [-0.25, -0.2) is 9.97 Å². The largest absolute Gasteiger partial charge is 0.497 e. The van der Waals surface area contributed by atoms with Crippen molar-refractivity contribution in [3.05, 3.63) is 35.1 Å². The highest BCUT2D eigenvalue weighted by atomic mass is 79.9. The Hall–Kier alpha value is -2.78. The Morgan fingerprint density at radius 3 is 2.41 bits per heavy atom. The summed E-state index contributed by atoms with van der Waals surface area (Å²) in [4.78, 5) is 8.75. The lowest BCUT2D eigenvalue weighted by Crippen LogP contribution is -2.06. The smallest absolute Gasteiger partial charge is 0.163 e. The number of rotatable bonds is 9. The molecule has 0 radical (unpaired) electrons. The average Bonchev–Trinajstić information content (AvgIpc) is 2.73. The molecule has 29 heavy (non-hydrogen) atoms. The van der Waals surface area contributed by atoms with Gasteiger partial charge >= 0.3 is 0 Å². The minimum absolute atomic E-state index is 0.406. The standard InChI is InChI=1S/C20H22BrN3O5/c1-25-5-6-29-18-10-15-13(9-17(18)27-3)20(23-11-22-15)24-16-8-12(26-2)7-14(21)19(16)28-4/h7-11H,5-6H2,1-4H3,(H,22,23,24). The summed E-state index contributed by atoms with van der Waals surface area (Å²) in [5, 5.41) is 4.07. The van der Waals surface area contributed by atoms with Crippen LogP contribution in [-0.2, 0) is 4.74 Å². The number of ether oxygens (including phenoxy) is 5. The molecule has 8 nitrogen and oxygen atoms in total. The zero-order valence-corrected chi connectivity index (χ0v) is 18.2. The van der Waals surface area contributed by atoms with E-state index in [9.17, 15) is 0 Å². The molecule has 1 heterocycles. The van der Waals surface area contributed by atoms with Crippen LogP contribution in [0.2, 0.25) is 0 Å². The molecule has 0 spiro atoms. The van der Waals surface area contributed by atoms with E-state index in [4.69, 9.17) is 23.7 Å². The fraction of sp³-hybridized carbons (Fsp3) is 0.300. The van der Waals surface area contributed by atoms with Crippen molar-refractivity contribution in [1.82, 2.24) is 9.97 Å². The number of nitrogens with zero attached hydrogens (tertiary/aromatic N) is 2. The predicted molar refractivity (Wildman–Crippen MR) is 114 cm³/mol. The van der Waals surface area contributed by atoms with Crippen LogP contribution in [0.15, 0.2) is 35.1 Å². The Morgan fingerprint density at radius 2 is 1.72 bits per heavy atom. The number of halogens is 1. The van der Waals surface area contributed by atoms with Gasteiger partial charge in [0.05, 0.1) is 43.6 Å². The topological polar surface area (TPSA) is 84.0 Å². The maximum Gasteiger partial charge on any atom is 0.163 e. The van der Waals surface area contributed by atoms with Crippen LogP contribution >= 0.6 is 15.9 Å². The molecule has 0 fully saturated rings. The minimum Gasteiger partial charge on any atom is -0.497 e. The first kappa shape index (κ1) is 20.9. The summed E-state index contributed by atoms with van der Waals surface area (Å²) in [6.45, 7) is 0.881. The highest BCUT2D eigenvalue weighted by Crippen LogP contribution is 2.40. The highest BCUT2D eigenvalue weighted by molar-refractivity contribution is 9.10. The van der Waals surface area contributed by atoms with E-state index in [0.29, 0.717) is 53.2 Å². The molecular weight excluding hydrogens is 442 g/mol. The third-order valence-corrected chi connectivity index (χ3v) is 4.76. The van der Waals surface area contributed by atoms with Crippen LogP contribution < -0.4 is 24.3 Å². The van der Waals surface area contributed by atoms with E-state index >= 15 is 0 Å². The van der Waals surface area contributed by atoms with Crippen LogP contribution in [0.5, 0.6) is 23.0 Å². The molecule has 0 saturated carbocycles. The number of aromatic nitrogens is 2. The third kappa shape index (κ3) is 4.63. The zero-order valence-electron chi connectivity index (χ0n) is 16.6. The summed E-state index contributed by atoms with van der Waals surface area (Å²) >= 11 is 3.50. The van der Waals surface area contributed by atoms with Crippen LogP contribution in [0.4, 0.5) is 11.5 Å². The Bertz CT molecular complexity index is 1000. The van der Waals surface area contributed by atoms with Crippen molar-refractivity contribution in [2.45, 2.75) is 0 Å². The van der Waals surface area contributed by atoms with Gasteiger partial charge in [0, 0.05) is 24.6 Å². The first-order valence-corrected chi connectivity index (χ1v) is 9.53. The average molecular weight is 464 g/mol. The molecular formula is C20H22BrN3O5. The first-order chi connectivity index (χ1) is 14.1. The van der Waals surface area contributed by atoms with Crippen molar-refractivity contribution in [3.8, 4) is 23.0 Å². The van der Waals surface area contributed by atoms with Gasteiger partial charge in [0.25, 0.3) is 0 Å². The lowest BCUT2D eigenvalue weighted by atomic mass is 10.2. The molecule has 9 heteroatoms. The molecule has 3 aromatic rings. The second-order valence-electron chi connectivity index (χ2n) is 5.90. The van der Waals surface area contributed by atoms with Crippen LogP contribution in [0, 0.1) is 0 Å². The Balaban J connectivity index is 2.04. The van der Waals surface area contributed by atoms with Crippen molar-refractivity contribution in [1.29, 1.82) is 0 Å². The highest BCUT2D eigenvalue weighted by Gasteiger charge is 2.15. The fourth-order valence-corrected chi connectivity index (χ4v) is 3.39. The monoisotopic (exact) mass is 463 g/mol. The molecule has 0 unspecified atom stereocenters. The van der Waals surface area contributed by atoms with Crippen molar-refractivity contribution in [3.63, 3.8) is 0 Å². The number of hydrogen-bond acceptors (Lipinski definition) is 8. The Labute approximate surface area is 177 Å². The summed E-state index contributed by atoms with van der Waals surface area (Å²) in [6.07, 6.45) is 1.48. The van der Waals surface area contributed by atoms with E-state index in [1.165, 1.54) is 6.33 Å². The summed E-state index contributed by atoms with van der Waals surface area (Å²) < 4.78 is 27.9. The zero-order chi connectivity index (χ0) is 20.8. The molecule has 3 rings (SSSR count). The normalized spacial score (nSPS) is 10.7. The molecule has 1 N–H and O–H groups in total. The van der Waals surface area contributed by atoms with Crippen LogP contribution in [0.1, 0.15) is 0 Å². The second kappa shape index (κ2) is 9.62. The lowest BCUT2D eigenvalue weighted by molar-refractivity contribution is 0.144. The summed E-state index contributed by atoms with van der Waals surface area (Å²) in [5.41, 5.74) is 1.40. The van der Waals surface area contributed by atoms with Gasteiger partial charge in [-0.05, 0) is 28.1 Å². The minimum atomic E-state index is 0.406. The molecule has 0 saturated heterocycles. The Morgan fingerprint density at radius 1 is 0.897 bits per heavy atom. The van der Waals surface area contributed by atoms with E-state index in [1.807, 2.05) is 24.3 Å². The number of fused-ring (bicyclic) bond motifs is 1. The Kier molecular flexibility index (Phi) is 6.95. The van der Waals surface area contributed by atoms with E-state index in [2.05, 4.69) is 31.2 Å². The molecule has 2 aromatic carbocycles. The molecule has 0 amide bonds. The molecule has 0 aliphatic carbocycles. The van der Waals surface area contributed by atoms with Gasteiger partial charge in [-0.15, -0.1) is 0 Å². The second-order valence-corrected chi connectivity index (χ2v) is 6.75. The lowest BCUT2D eigenvalue weighted by Gasteiger charge is -2.16.